The van der Waals surface area contributed by atoms with E-state index in [1.807, 2.05) is 68.0 Å². The van der Waals surface area contributed by atoms with Crippen molar-refractivity contribution < 1.29 is 0 Å². The highest BCUT2D eigenvalue weighted by atomic mass is 32.1. The molecule has 154 valence electrons. The summed E-state index contributed by atoms with van der Waals surface area (Å²) in [6, 6.07) is 22.9. The fraction of sp³-hybridized carbons (Fsp3) is 0.120. The van der Waals surface area contributed by atoms with E-state index in [0.29, 0.717) is 0 Å². The van der Waals surface area contributed by atoms with Crippen molar-refractivity contribution in [1.82, 2.24) is 0 Å². The van der Waals surface area contributed by atoms with Gasteiger partial charge in [0.25, 0.3) is 0 Å². The molecule has 0 nitrogen and oxygen atoms in total. The lowest BCUT2D eigenvalue weighted by Crippen LogP contribution is -1.63. The maximum Gasteiger partial charge on any atom is 0.0464 e. The molecule has 0 saturated heterocycles. The first-order valence-corrected chi connectivity index (χ1v) is 15.0. The van der Waals surface area contributed by atoms with Gasteiger partial charge in [0.2, 0.25) is 0 Å². The highest BCUT2D eigenvalue weighted by molar-refractivity contribution is 7.34. The minimum absolute atomic E-state index is 1.12. The van der Waals surface area contributed by atoms with E-state index in [9.17, 15) is 0 Å². The van der Waals surface area contributed by atoms with Crippen LogP contribution in [0, 0.1) is 6.92 Å². The van der Waals surface area contributed by atoms with E-state index in [1.165, 1.54) is 58.2 Å². The topological polar surface area (TPSA) is 0 Å². The molecule has 6 heteroatoms. The highest BCUT2D eigenvalue weighted by Gasteiger charge is 2.14. The van der Waals surface area contributed by atoms with E-state index in [4.69, 9.17) is 0 Å². The monoisotopic (exact) mass is 510 g/mol. The molecule has 31 heavy (non-hydrogen) atoms. The smallest absolute Gasteiger partial charge is 0.0464 e. The molecule has 0 unspecified atom stereocenters. The third kappa shape index (κ3) is 3.80. The van der Waals surface area contributed by atoms with Crippen molar-refractivity contribution in [2.24, 2.45) is 0 Å². The Labute approximate surface area is 205 Å². The van der Waals surface area contributed by atoms with Crippen molar-refractivity contribution in [3.8, 4) is 39.0 Å². The molecule has 6 heterocycles. The minimum Gasteiger partial charge on any atom is -0.140 e. The van der Waals surface area contributed by atoms with Crippen LogP contribution in [0.2, 0.25) is 0 Å². The molecule has 0 spiro atoms. The lowest BCUT2D eigenvalue weighted by Gasteiger charge is -1.92. The van der Waals surface area contributed by atoms with Gasteiger partial charge in [-0.05, 0) is 74.0 Å². The van der Waals surface area contributed by atoms with Gasteiger partial charge < -0.3 is 0 Å². The van der Waals surface area contributed by atoms with E-state index in [0.717, 1.165) is 6.42 Å². The van der Waals surface area contributed by atoms with Crippen LogP contribution in [0.5, 0.6) is 0 Å². The molecule has 0 saturated carbocycles. The molecular weight excluding hydrogens is 493 g/mol. The Balaban J connectivity index is 1.28. The van der Waals surface area contributed by atoms with Crippen molar-refractivity contribution in [3.63, 3.8) is 0 Å². The van der Waals surface area contributed by atoms with Gasteiger partial charge in [0.15, 0.2) is 0 Å². The number of rotatable bonds is 5. The Morgan fingerprint density at radius 1 is 0.484 bits per heavy atom. The largest absolute Gasteiger partial charge is 0.140 e. The van der Waals surface area contributed by atoms with Crippen LogP contribution in [-0.2, 0) is 6.42 Å². The Morgan fingerprint density at radius 3 is 1.42 bits per heavy atom. The van der Waals surface area contributed by atoms with Gasteiger partial charge >= 0.3 is 0 Å². The number of fused-ring (bicyclic) bond motifs is 1. The Kier molecular flexibility index (Phi) is 5.25. The van der Waals surface area contributed by atoms with Gasteiger partial charge in [-0.1, -0.05) is 6.92 Å². The molecule has 0 N–H and O–H groups in total. The Bertz CT molecular complexity index is 1460. The van der Waals surface area contributed by atoms with Gasteiger partial charge in [-0.25, -0.2) is 0 Å². The number of thiophene rings is 6. The fourth-order valence-electron chi connectivity index (χ4n) is 3.55. The van der Waals surface area contributed by atoms with Crippen LogP contribution < -0.4 is 0 Å². The first-order valence-electron chi connectivity index (χ1n) is 10.1. The Hall–Kier alpha value is -1.54. The molecule has 0 aromatic carbocycles. The molecule has 6 rings (SSSR count). The van der Waals surface area contributed by atoms with Crippen molar-refractivity contribution in [1.29, 1.82) is 0 Å². The molecule has 0 amide bonds. The van der Waals surface area contributed by atoms with Crippen molar-refractivity contribution in [2.45, 2.75) is 20.3 Å². The maximum absolute atomic E-state index is 2.38. The van der Waals surface area contributed by atoms with Crippen LogP contribution in [-0.4, -0.2) is 0 Å². The van der Waals surface area contributed by atoms with Gasteiger partial charge in [0.05, 0.1) is 0 Å². The lowest BCUT2D eigenvalue weighted by atomic mass is 10.3. The summed E-state index contributed by atoms with van der Waals surface area (Å²) in [5.41, 5.74) is 0. The quantitative estimate of drug-likeness (QED) is 0.216. The predicted molar refractivity (Wildman–Crippen MR) is 147 cm³/mol. The molecule has 0 aliphatic rings. The van der Waals surface area contributed by atoms with Crippen molar-refractivity contribution in [3.05, 3.63) is 70.4 Å². The van der Waals surface area contributed by atoms with Crippen LogP contribution in [0.4, 0.5) is 0 Å². The van der Waals surface area contributed by atoms with Crippen LogP contribution in [0.25, 0.3) is 48.4 Å². The highest BCUT2D eigenvalue weighted by Crippen LogP contribution is 2.47. The zero-order valence-electron chi connectivity index (χ0n) is 16.9. The summed E-state index contributed by atoms with van der Waals surface area (Å²) in [5.74, 6) is 0. The van der Waals surface area contributed by atoms with Gasteiger partial charge in [-0.15, -0.1) is 68.0 Å². The second kappa shape index (κ2) is 8.10. The van der Waals surface area contributed by atoms with Crippen LogP contribution >= 0.6 is 68.0 Å². The normalized spacial score (nSPS) is 11.7. The average molecular weight is 511 g/mol. The molecule has 0 radical (unpaired) electrons. The molecule has 0 aliphatic heterocycles. The summed E-state index contributed by atoms with van der Waals surface area (Å²) in [6.45, 7) is 4.40. The molecular formula is C25H18S6. The van der Waals surface area contributed by atoms with Crippen LogP contribution in [0.1, 0.15) is 16.7 Å². The van der Waals surface area contributed by atoms with Crippen LogP contribution in [0.3, 0.4) is 0 Å². The summed E-state index contributed by atoms with van der Waals surface area (Å²) < 4.78 is 2.80. The second-order valence-corrected chi connectivity index (χ2v) is 14.1. The summed E-state index contributed by atoms with van der Waals surface area (Å²) in [6.07, 6.45) is 1.12. The van der Waals surface area contributed by atoms with Gasteiger partial charge in [-0.2, -0.15) is 0 Å². The zero-order valence-corrected chi connectivity index (χ0v) is 21.8. The SMILES string of the molecule is CCc1ccc(-c2ccc(-c3cc4sc(-c5ccc(-c6ccc(C)s6)s5)cc4s3)s2)s1. The van der Waals surface area contributed by atoms with Gasteiger partial charge in [-0.3, -0.25) is 0 Å². The summed E-state index contributed by atoms with van der Waals surface area (Å²) in [5, 5.41) is 0. The van der Waals surface area contributed by atoms with Gasteiger partial charge in [0, 0.05) is 58.2 Å². The number of hydrogen-bond acceptors (Lipinski definition) is 6. The molecule has 0 fully saturated rings. The molecule has 0 bridgehead atoms. The third-order valence-electron chi connectivity index (χ3n) is 5.14. The predicted octanol–water partition coefficient (Wildman–Crippen LogP) is 10.7. The average Bonchev–Trinajstić information content (AvgIpc) is 3.58. The van der Waals surface area contributed by atoms with Crippen LogP contribution in [0.15, 0.2) is 60.7 Å². The van der Waals surface area contributed by atoms with E-state index >= 15 is 0 Å². The van der Waals surface area contributed by atoms with Crippen molar-refractivity contribution in [2.75, 3.05) is 0 Å². The first kappa shape index (κ1) is 20.1. The second-order valence-electron chi connectivity index (χ2n) is 7.31. The molecule has 0 aliphatic carbocycles. The van der Waals surface area contributed by atoms with E-state index < -0.39 is 0 Å². The van der Waals surface area contributed by atoms with E-state index in [2.05, 4.69) is 74.5 Å². The molecule has 0 atom stereocenters. The first-order chi connectivity index (χ1) is 15.2. The number of aryl methyl sites for hydroxylation is 2. The third-order valence-corrected chi connectivity index (χ3v) is 12.6. The van der Waals surface area contributed by atoms with E-state index in [1.54, 1.807) is 0 Å². The van der Waals surface area contributed by atoms with Gasteiger partial charge in [0.1, 0.15) is 0 Å². The maximum atomic E-state index is 2.38. The van der Waals surface area contributed by atoms with Crippen molar-refractivity contribution >= 4 is 77.4 Å². The molecule has 6 aromatic rings. The standard InChI is InChI=1S/C25H18S6/c1-3-15-5-7-17(27-15)19-9-11-21(29-19)23-13-25-24(31-23)12-22(30-25)20-10-8-18(28-20)16-6-4-14(2)26-16/h4-13H,3H2,1-2H3. The summed E-state index contributed by atoms with van der Waals surface area (Å²) in [4.78, 5) is 13.9. The molecule has 6 aromatic heterocycles. The fourth-order valence-corrected chi connectivity index (χ4v) is 10.1. The lowest BCUT2D eigenvalue weighted by molar-refractivity contribution is 1.19. The Morgan fingerprint density at radius 2 is 0.935 bits per heavy atom. The minimum atomic E-state index is 1.12. The number of hydrogen-bond donors (Lipinski definition) is 0. The summed E-state index contributed by atoms with van der Waals surface area (Å²) in [7, 11) is 0. The summed E-state index contributed by atoms with van der Waals surface area (Å²) >= 11 is 11.5. The zero-order chi connectivity index (χ0) is 20.9. The van der Waals surface area contributed by atoms with E-state index in [-0.39, 0.29) is 0 Å².